The number of thiophene rings is 1. The van der Waals surface area contributed by atoms with Crippen LogP contribution in [0.15, 0.2) is 35.7 Å². The third-order valence-electron chi connectivity index (χ3n) is 6.06. The van der Waals surface area contributed by atoms with Gasteiger partial charge in [0.2, 0.25) is 12.7 Å². The highest BCUT2D eigenvalue weighted by Crippen LogP contribution is 2.33. The van der Waals surface area contributed by atoms with Gasteiger partial charge in [0.25, 0.3) is 5.91 Å². The molecule has 0 aliphatic carbocycles. The first-order valence-electron chi connectivity index (χ1n) is 10.4. The number of hydrogen-bond donors (Lipinski definition) is 0. The van der Waals surface area contributed by atoms with Gasteiger partial charge in [0.1, 0.15) is 6.04 Å². The van der Waals surface area contributed by atoms with Crippen molar-refractivity contribution in [3.8, 4) is 11.5 Å². The second-order valence-corrected chi connectivity index (χ2v) is 8.87. The van der Waals surface area contributed by atoms with E-state index in [4.69, 9.17) is 9.47 Å². The van der Waals surface area contributed by atoms with E-state index in [0.29, 0.717) is 24.5 Å². The zero-order chi connectivity index (χ0) is 20.5. The molecule has 1 atom stereocenters. The maximum absolute atomic E-state index is 13.2. The highest BCUT2D eigenvalue weighted by atomic mass is 32.1. The number of benzene rings is 1. The van der Waals surface area contributed by atoms with E-state index >= 15 is 0 Å². The van der Waals surface area contributed by atoms with Crippen LogP contribution in [0.4, 0.5) is 0 Å². The van der Waals surface area contributed by atoms with Gasteiger partial charge in [-0.25, -0.2) is 0 Å². The van der Waals surface area contributed by atoms with Gasteiger partial charge in [-0.05, 0) is 42.0 Å². The number of piperazine rings is 1. The largest absolute Gasteiger partial charge is 0.454 e. The van der Waals surface area contributed by atoms with Gasteiger partial charge in [0, 0.05) is 39.3 Å². The quantitative estimate of drug-likeness (QED) is 0.750. The van der Waals surface area contributed by atoms with Crippen molar-refractivity contribution in [2.45, 2.75) is 25.4 Å². The third kappa shape index (κ3) is 3.77. The van der Waals surface area contributed by atoms with E-state index in [1.807, 2.05) is 34.5 Å². The van der Waals surface area contributed by atoms with Crippen LogP contribution in [0.3, 0.4) is 0 Å². The van der Waals surface area contributed by atoms with Crippen molar-refractivity contribution < 1.29 is 19.1 Å². The number of fused-ring (bicyclic) bond motifs is 1. The van der Waals surface area contributed by atoms with Gasteiger partial charge < -0.3 is 19.3 Å². The maximum Gasteiger partial charge on any atom is 0.264 e. The fraction of sp³-hybridized carbons (Fsp3) is 0.455. The van der Waals surface area contributed by atoms with E-state index in [1.54, 1.807) is 4.90 Å². The topological polar surface area (TPSA) is 62.3 Å². The number of rotatable bonds is 4. The molecule has 2 fully saturated rings. The minimum Gasteiger partial charge on any atom is -0.454 e. The van der Waals surface area contributed by atoms with Gasteiger partial charge in [0.15, 0.2) is 11.5 Å². The summed E-state index contributed by atoms with van der Waals surface area (Å²) < 4.78 is 10.8. The Bertz CT molecular complexity index is 924. The van der Waals surface area contributed by atoms with Crippen LogP contribution < -0.4 is 9.47 Å². The summed E-state index contributed by atoms with van der Waals surface area (Å²) >= 11 is 1.44. The van der Waals surface area contributed by atoms with Crippen LogP contribution in [0.2, 0.25) is 0 Å². The molecule has 158 valence electrons. The van der Waals surface area contributed by atoms with Gasteiger partial charge in [-0.2, -0.15) is 0 Å². The smallest absolute Gasteiger partial charge is 0.264 e. The molecule has 2 saturated heterocycles. The average Bonchev–Trinajstić information content (AvgIpc) is 3.54. The molecule has 0 spiro atoms. The number of ether oxygens (including phenoxy) is 2. The summed E-state index contributed by atoms with van der Waals surface area (Å²) in [5.41, 5.74) is 1.18. The van der Waals surface area contributed by atoms with Crippen molar-refractivity contribution in [1.29, 1.82) is 0 Å². The monoisotopic (exact) mass is 427 g/mol. The summed E-state index contributed by atoms with van der Waals surface area (Å²) in [6.07, 6.45) is 1.64. The molecule has 0 unspecified atom stereocenters. The predicted octanol–water partition coefficient (Wildman–Crippen LogP) is 2.43. The van der Waals surface area contributed by atoms with Crippen molar-refractivity contribution in [2.24, 2.45) is 0 Å². The number of carbonyl (C=O) groups is 2. The Morgan fingerprint density at radius 2 is 1.87 bits per heavy atom. The lowest BCUT2D eigenvalue weighted by atomic mass is 10.1. The molecule has 1 aromatic heterocycles. The molecule has 0 radical (unpaired) electrons. The minimum atomic E-state index is -0.319. The zero-order valence-electron chi connectivity index (χ0n) is 16.8. The van der Waals surface area contributed by atoms with E-state index < -0.39 is 0 Å². The van der Waals surface area contributed by atoms with Crippen LogP contribution in [0.1, 0.15) is 28.1 Å². The van der Waals surface area contributed by atoms with Crippen LogP contribution >= 0.6 is 11.3 Å². The molecule has 7 nitrogen and oxygen atoms in total. The predicted molar refractivity (Wildman–Crippen MR) is 113 cm³/mol. The lowest BCUT2D eigenvalue weighted by Crippen LogP contribution is -2.54. The Balaban J connectivity index is 1.17. The molecule has 5 rings (SSSR count). The van der Waals surface area contributed by atoms with Crippen molar-refractivity contribution >= 4 is 23.2 Å². The summed E-state index contributed by atoms with van der Waals surface area (Å²) in [5.74, 6) is 1.69. The lowest BCUT2D eigenvalue weighted by molar-refractivity contribution is -0.137. The molecule has 0 N–H and O–H groups in total. The van der Waals surface area contributed by atoms with Gasteiger partial charge in [-0.1, -0.05) is 12.1 Å². The lowest BCUT2D eigenvalue weighted by Gasteiger charge is -2.37. The Labute approximate surface area is 179 Å². The normalized spacial score (nSPS) is 21.3. The maximum atomic E-state index is 13.2. The van der Waals surface area contributed by atoms with E-state index in [2.05, 4.69) is 11.0 Å². The first kappa shape index (κ1) is 19.4. The summed E-state index contributed by atoms with van der Waals surface area (Å²) in [6.45, 7) is 4.81. The second-order valence-electron chi connectivity index (χ2n) is 7.92. The highest BCUT2D eigenvalue weighted by Gasteiger charge is 2.38. The fourth-order valence-electron chi connectivity index (χ4n) is 4.44. The van der Waals surface area contributed by atoms with E-state index in [9.17, 15) is 9.59 Å². The molecule has 8 heteroatoms. The molecule has 0 saturated carbocycles. The first-order valence-corrected chi connectivity index (χ1v) is 11.3. The molecular weight excluding hydrogens is 402 g/mol. The second kappa shape index (κ2) is 8.28. The summed E-state index contributed by atoms with van der Waals surface area (Å²) in [4.78, 5) is 32.7. The van der Waals surface area contributed by atoms with Crippen LogP contribution in [0, 0.1) is 0 Å². The summed E-state index contributed by atoms with van der Waals surface area (Å²) in [7, 11) is 0. The molecular formula is C22H25N3O4S. The fourth-order valence-corrected chi connectivity index (χ4v) is 5.12. The van der Waals surface area contributed by atoms with Crippen molar-refractivity contribution in [3.63, 3.8) is 0 Å². The van der Waals surface area contributed by atoms with Crippen LogP contribution in [0.25, 0.3) is 0 Å². The average molecular weight is 428 g/mol. The Morgan fingerprint density at radius 1 is 1.03 bits per heavy atom. The number of hydrogen-bond acceptors (Lipinski definition) is 6. The number of nitrogens with zero attached hydrogens (tertiary/aromatic N) is 3. The Morgan fingerprint density at radius 3 is 2.67 bits per heavy atom. The zero-order valence-corrected chi connectivity index (χ0v) is 17.6. The Hall–Kier alpha value is -2.58. The number of amides is 2. The molecule has 4 heterocycles. The van der Waals surface area contributed by atoms with Gasteiger partial charge in [-0.15, -0.1) is 11.3 Å². The molecule has 30 heavy (non-hydrogen) atoms. The molecule has 0 bridgehead atoms. The standard InChI is InChI=1S/C22H25N3O4S/c26-21(17-3-1-7-25(17)22(27)20-4-2-12-30-20)24-10-8-23(9-11-24)14-16-5-6-18-19(13-16)29-15-28-18/h2,4-6,12-13,17H,1,3,7-11,14-15H2/t17-/m0/s1. The number of likely N-dealkylation sites (tertiary alicyclic amines) is 1. The van der Waals surface area contributed by atoms with Gasteiger partial charge in [0.05, 0.1) is 4.88 Å². The van der Waals surface area contributed by atoms with Crippen molar-refractivity contribution in [2.75, 3.05) is 39.5 Å². The molecule has 2 amide bonds. The third-order valence-corrected chi connectivity index (χ3v) is 6.92. The molecule has 2 aromatic rings. The SMILES string of the molecule is O=C([C@@H]1CCCN1C(=O)c1cccs1)N1CCN(Cc2ccc3c(c2)OCO3)CC1. The highest BCUT2D eigenvalue weighted by molar-refractivity contribution is 7.12. The molecule has 3 aliphatic rings. The number of carbonyl (C=O) groups excluding carboxylic acids is 2. The first-order chi connectivity index (χ1) is 14.7. The van der Waals surface area contributed by atoms with Gasteiger partial charge in [-0.3, -0.25) is 14.5 Å². The van der Waals surface area contributed by atoms with E-state index in [1.165, 1.54) is 16.9 Å². The summed E-state index contributed by atoms with van der Waals surface area (Å²) in [6, 6.07) is 9.45. The molecule has 1 aromatic carbocycles. The summed E-state index contributed by atoms with van der Waals surface area (Å²) in [5, 5.41) is 1.90. The molecule has 3 aliphatic heterocycles. The van der Waals surface area contributed by atoms with Crippen LogP contribution in [-0.4, -0.2) is 72.1 Å². The van der Waals surface area contributed by atoms with E-state index in [-0.39, 0.29) is 24.6 Å². The van der Waals surface area contributed by atoms with Crippen LogP contribution in [-0.2, 0) is 11.3 Å². The van der Waals surface area contributed by atoms with Crippen molar-refractivity contribution in [1.82, 2.24) is 14.7 Å². The van der Waals surface area contributed by atoms with Crippen LogP contribution in [0.5, 0.6) is 11.5 Å². The van der Waals surface area contributed by atoms with E-state index in [0.717, 1.165) is 44.0 Å². The van der Waals surface area contributed by atoms with Gasteiger partial charge >= 0.3 is 0 Å². The Kier molecular flexibility index (Phi) is 5.35. The minimum absolute atomic E-state index is 0.0118. The van der Waals surface area contributed by atoms with Crippen molar-refractivity contribution in [3.05, 3.63) is 46.2 Å².